The molecule has 0 saturated carbocycles. The smallest absolute Gasteiger partial charge is 0.481 e. The molecule has 0 aromatic carbocycles. The van der Waals surface area contributed by atoms with Crippen molar-refractivity contribution in [3.8, 4) is 0 Å². The summed E-state index contributed by atoms with van der Waals surface area (Å²) in [6.45, 7) is 0. The van der Waals surface area contributed by atoms with Gasteiger partial charge in [-0.25, -0.2) is 14.4 Å². The molecule has 0 unspecified atom stereocenters. The van der Waals surface area contributed by atoms with Crippen LogP contribution in [0.2, 0.25) is 0 Å². The highest BCUT2D eigenvalue weighted by Crippen LogP contribution is 2.16. The molecule has 0 aliphatic heterocycles. The van der Waals surface area contributed by atoms with Crippen molar-refractivity contribution < 1.29 is 84.6 Å². The van der Waals surface area contributed by atoms with Crippen LogP contribution in [0.3, 0.4) is 0 Å². The fourth-order valence-corrected chi connectivity index (χ4v) is 1.43. The molecule has 0 rings (SSSR count). The van der Waals surface area contributed by atoms with Crippen LogP contribution in [0.4, 0.5) is 4.79 Å². The molecule has 0 fully saturated rings. The van der Waals surface area contributed by atoms with Gasteiger partial charge < -0.3 is 51.1 Å². The zero-order valence-electron chi connectivity index (χ0n) is 14.7. The largest absolute Gasteiger partial charge is 0.503 e. The van der Waals surface area contributed by atoms with Gasteiger partial charge in [-0.3, -0.25) is 19.2 Å². The highest BCUT2D eigenvalue weighted by Gasteiger charge is 2.41. The van der Waals surface area contributed by atoms with E-state index in [9.17, 15) is 28.8 Å². The Bertz CT molecular complexity index is 589. The Kier molecular flexibility index (Phi) is 13.6. The van der Waals surface area contributed by atoms with Gasteiger partial charge in [0, 0.05) is 0 Å². The van der Waals surface area contributed by atoms with Gasteiger partial charge in [0.25, 0.3) is 0 Å². The predicted molar refractivity (Wildman–Crippen MR) is 84.8 cm³/mol. The summed E-state index contributed by atoms with van der Waals surface area (Å²) in [6.07, 6.45) is -6.41. The van der Waals surface area contributed by atoms with Gasteiger partial charge in [-0.05, 0) is 0 Å². The van der Waals surface area contributed by atoms with Crippen LogP contribution in [0.15, 0.2) is 0 Å². The molecule has 0 aromatic heterocycles. The Balaban J connectivity index is -0.000000412. The minimum Gasteiger partial charge on any atom is -0.481 e. The average molecular weight is 446 g/mol. The van der Waals surface area contributed by atoms with Crippen LogP contribution in [0.1, 0.15) is 25.7 Å². The van der Waals surface area contributed by atoms with Crippen molar-refractivity contribution in [2.24, 2.45) is 0 Å². The molecule has 0 saturated heterocycles. The van der Waals surface area contributed by atoms with Crippen molar-refractivity contribution in [1.82, 2.24) is 0 Å². The van der Waals surface area contributed by atoms with E-state index in [4.69, 9.17) is 55.9 Å². The Hall–Kier alpha value is -3.99. The maximum atomic E-state index is 10.3. The molecule has 10 N–H and O–H groups in total. The van der Waals surface area contributed by atoms with Gasteiger partial charge in [-0.2, -0.15) is 0 Å². The van der Waals surface area contributed by atoms with Crippen LogP contribution in [0.5, 0.6) is 0 Å². The average Bonchev–Trinajstić information content (AvgIpc) is 2.43. The molecule has 0 amide bonds. The topological polar surface area (TPSA) is 322 Å². The second kappa shape index (κ2) is 13.2. The molecule has 172 valence electrons. The molecule has 17 heteroatoms. The highest BCUT2D eigenvalue weighted by atomic mass is 16.6. The van der Waals surface area contributed by atoms with Gasteiger partial charge in [0.2, 0.25) is 0 Å². The van der Waals surface area contributed by atoms with Crippen molar-refractivity contribution in [3.05, 3.63) is 0 Å². The van der Waals surface area contributed by atoms with E-state index < -0.39 is 78.9 Å². The van der Waals surface area contributed by atoms with E-state index >= 15 is 0 Å². The van der Waals surface area contributed by atoms with Crippen LogP contribution in [0, 0.1) is 0 Å². The third kappa shape index (κ3) is 16.2. The normalized spacial score (nSPS) is 10.2. The fourth-order valence-electron chi connectivity index (χ4n) is 1.43. The lowest BCUT2D eigenvalue weighted by Crippen LogP contribution is -2.42. The monoisotopic (exact) mass is 446 g/mol. The first-order chi connectivity index (χ1) is 13.3. The van der Waals surface area contributed by atoms with Crippen LogP contribution in [-0.4, -0.2) is 104 Å². The van der Waals surface area contributed by atoms with Crippen molar-refractivity contribution in [1.29, 1.82) is 0 Å². The van der Waals surface area contributed by atoms with Crippen molar-refractivity contribution in [2.45, 2.75) is 36.9 Å². The third-order valence-corrected chi connectivity index (χ3v) is 2.57. The quantitative estimate of drug-likeness (QED) is 0.169. The van der Waals surface area contributed by atoms with Gasteiger partial charge >= 0.3 is 42.0 Å². The van der Waals surface area contributed by atoms with Gasteiger partial charge in [0.15, 0.2) is 11.2 Å². The number of hydrogen-bond acceptors (Lipinski definition) is 9. The molecule has 0 aromatic rings. The Morgan fingerprint density at radius 1 is 0.433 bits per heavy atom. The van der Waals surface area contributed by atoms with Crippen LogP contribution in [-0.2, 0) is 28.8 Å². The van der Waals surface area contributed by atoms with E-state index in [2.05, 4.69) is 0 Å². The molecule has 0 spiro atoms. The zero-order chi connectivity index (χ0) is 24.9. The highest BCUT2D eigenvalue weighted by molar-refractivity contribution is 5.88. The molecule has 0 radical (unpaired) electrons. The summed E-state index contributed by atoms with van der Waals surface area (Å²) in [5.41, 5.74) is -5.48. The summed E-state index contributed by atoms with van der Waals surface area (Å²) in [7, 11) is 0. The molecule has 0 atom stereocenters. The molecule has 17 nitrogen and oxygen atoms in total. The second-order valence-electron chi connectivity index (χ2n) is 5.24. The van der Waals surface area contributed by atoms with Crippen molar-refractivity contribution >= 4 is 42.0 Å². The summed E-state index contributed by atoms with van der Waals surface area (Å²) in [4.78, 5) is 69.5. The molecule has 30 heavy (non-hydrogen) atoms. The Morgan fingerprint density at radius 3 is 0.633 bits per heavy atom. The molecule has 0 aliphatic rings. The maximum absolute atomic E-state index is 10.3. The number of carboxylic acid groups (broad SMARTS) is 8. The first-order valence-electron chi connectivity index (χ1n) is 6.99. The van der Waals surface area contributed by atoms with E-state index in [-0.39, 0.29) is 0 Å². The molecular weight excluding hydrogens is 428 g/mol. The Morgan fingerprint density at radius 2 is 0.567 bits per heavy atom. The number of aliphatic hydroxyl groups is 2. The first-order valence-corrected chi connectivity index (χ1v) is 6.99. The number of hydrogen-bond donors (Lipinski definition) is 10. The van der Waals surface area contributed by atoms with Gasteiger partial charge in [-0.1, -0.05) is 0 Å². The Labute approximate surface area is 164 Å². The summed E-state index contributed by atoms with van der Waals surface area (Å²) in [5, 5.41) is 81.6. The summed E-state index contributed by atoms with van der Waals surface area (Å²) < 4.78 is 0. The van der Waals surface area contributed by atoms with Crippen LogP contribution < -0.4 is 0 Å². The molecular formula is C13H18O17. The molecule has 0 heterocycles. The summed E-state index contributed by atoms with van der Waals surface area (Å²) >= 11 is 0. The molecule has 0 bridgehead atoms. The maximum Gasteiger partial charge on any atom is 0.503 e. The van der Waals surface area contributed by atoms with Gasteiger partial charge in [-0.15, -0.1) is 0 Å². The minimum atomic E-state index is -2.74. The van der Waals surface area contributed by atoms with Gasteiger partial charge in [0.1, 0.15) is 0 Å². The fraction of sp³-hybridized carbons (Fsp3) is 0.462. The van der Waals surface area contributed by atoms with Crippen LogP contribution in [0.25, 0.3) is 0 Å². The lowest BCUT2D eigenvalue weighted by molar-refractivity contribution is -0.170. The van der Waals surface area contributed by atoms with Crippen molar-refractivity contribution in [2.75, 3.05) is 0 Å². The summed E-state index contributed by atoms with van der Waals surface area (Å²) in [5.74, 6) is -10.0. The standard InChI is InChI=1S/2C6H8O7.CH2O3/c2*7-3(8)1-6(13,5(11)12)2-4(9)10;2-1(3)4/h2*13H,1-2H2,(H,7,8)(H,9,10)(H,11,12);(H2,2,3,4). The lowest BCUT2D eigenvalue weighted by Gasteiger charge is -2.18. The lowest BCUT2D eigenvalue weighted by atomic mass is 9.96. The number of carboxylic acids is 6. The predicted octanol–water partition coefficient (Wildman–Crippen LogP) is -2.27. The van der Waals surface area contributed by atoms with Crippen molar-refractivity contribution in [3.63, 3.8) is 0 Å². The van der Waals surface area contributed by atoms with E-state index in [1.54, 1.807) is 0 Å². The van der Waals surface area contributed by atoms with E-state index in [0.29, 0.717) is 0 Å². The number of rotatable bonds is 10. The minimum absolute atomic E-state index is 1.14. The van der Waals surface area contributed by atoms with Crippen LogP contribution >= 0.6 is 0 Å². The second-order valence-corrected chi connectivity index (χ2v) is 5.24. The summed E-state index contributed by atoms with van der Waals surface area (Å²) in [6, 6.07) is 0. The van der Waals surface area contributed by atoms with E-state index in [0.717, 1.165) is 0 Å². The number of aliphatic carboxylic acids is 6. The van der Waals surface area contributed by atoms with E-state index in [1.807, 2.05) is 0 Å². The SMILES string of the molecule is O=C(O)CC(O)(CC(=O)O)C(=O)O.O=C(O)CC(O)(CC(=O)O)C(=O)O.O=C(O)O. The first kappa shape index (κ1) is 30.7. The van der Waals surface area contributed by atoms with Gasteiger partial charge in [0.05, 0.1) is 25.7 Å². The van der Waals surface area contributed by atoms with E-state index in [1.165, 1.54) is 0 Å². The number of carbonyl (C=O) groups is 7. The molecule has 0 aliphatic carbocycles. The third-order valence-electron chi connectivity index (χ3n) is 2.57. The zero-order valence-corrected chi connectivity index (χ0v) is 14.7.